The Balaban J connectivity index is 2.70. The average molecular weight is 377 g/mol. The molecule has 0 saturated heterocycles. The van der Waals surface area contributed by atoms with Gasteiger partial charge in [0.05, 0.1) is 4.47 Å². The van der Waals surface area contributed by atoms with Crippen molar-refractivity contribution in [2.75, 3.05) is 0 Å². The minimum atomic E-state index is -4.01. The molecule has 6 nitrogen and oxygen atoms in total. The maximum absolute atomic E-state index is 13.7. The van der Waals surface area contributed by atoms with E-state index in [1.54, 1.807) is 6.07 Å². The van der Waals surface area contributed by atoms with Crippen LogP contribution in [0.4, 0.5) is 4.39 Å². The highest BCUT2D eigenvalue weighted by Gasteiger charge is 2.24. The number of benzene rings is 1. The monoisotopic (exact) mass is 376 g/mol. The van der Waals surface area contributed by atoms with Crippen LogP contribution >= 0.6 is 15.9 Å². The molecule has 2 rings (SSSR count). The summed E-state index contributed by atoms with van der Waals surface area (Å²) >= 11 is 3.14. The highest BCUT2D eigenvalue weighted by molar-refractivity contribution is 9.10. The Hall–Kier alpha value is -1.32. The standard InChI is InChI=1S/C12H14BrFN4O2S/c1-7(2)6-18-11(16-17-12(18)21(15,19)20)8-4-3-5-9(14)10(8)13/h3-5,7H,6H2,1-2H3,(H2,15,19,20). The van der Waals surface area contributed by atoms with Gasteiger partial charge in [-0.2, -0.15) is 0 Å². The zero-order valence-electron chi connectivity index (χ0n) is 11.4. The number of sulfonamides is 1. The van der Waals surface area contributed by atoms with Crippen molar-refractivity contribution in [3.05, 3.63) is 28.5 Å². The van der Waals surface area contributed by atoms with E-state index < -0.39 is 15.8 Å². The Morgan fingerprint density at radius 3 is 2.62 bits per heavy atom. The summed E-state index contributed by atoms with van der Waals surface area (Å²) in [5.41, 5.74) is 0.415. The second-order valence-corrected chi connectivity index (χ2v) is 7.21. The van der Waals surface area contributed by atoms with Crippen molar-refractivity contribution in [1.82, 2.24) is 14.8 Å². The number of rotatable bonds is 4. The van der Waals surface area contributed by atoms with E-state index in [1.165, 1.54) is 16.7 Å². The summed E-state index contributed by atoms with van der Waals surface area (Å²) in [6.45, 7) is 4.17. The highest BCUT2D eigenvalue weighted by atomic mass is 79.9. The molecule has 0 atom stereocenters. The fraction of sp³-hybridized carbons (Fsp3) is 0.333. The first-order valence-electron chi connectivity index (χ1n) is 6.12. The van der Waals surface area contributed by atoms with Crippen molar-refractivity contribution in [2.45, 2.75) is 25.5 Å². The summed E-state index contributed by atoms with van der Waals surface area (Å²) in [6, 6.07) is 4.43. The third-order valence-corrected chi connectivity index (χ3v) is 4.33. The first-order valence-corrected chi connectivity index (χ1v) is 8.46. The van der Waals surface area contributed by atoms with E-state index in [2.05, 4.69) is 26.1 Å². The van der Waals surface area contributed by atoms with Crippen molar-refractivity contribution in [3.8, 4) is 11.4 Å². The lowest BCUT2D eigenvalue weighted by Crippen LogP contribution is -2.20. The number of primary sulfonamides is 1. The Kier molecular flexibility index (Phi) is 4.45. The lowest BCUT2D eigenvalue weighted by atomic mass is 10.2. The molecule has 0 spiro atoms. The average Bonchev–Trinajstić information content (AvgIpc) is 2.75. The topological polar surface area (TPSA) is 90.9 Å². The maximum atomic E-state index is 13.7. The Morgan fingerprint density at radius 1 is 1.38 bits per heavy atom. The van der Waals surface area contributed by atoms with Crippen LogP contribution in [0.5, 0.6) is 0 Å². The molecule has 0 radical (unpaired) electrons. The lowest BCUT2D eigenvalue weighted by Gasteiger charge is -2.12. The summed E-state index contributed by atoms with van der Waals surface area (Å²) in [7, 11) is -4.01. The SMILES string of the molecule is CC(C)Cn1c(-c2cccc(F)c2Br)nnc1S(N)(=O)=O. The van der Waals surface area contributed by atoms with Crippen LogP contribution in [0.25, 0.3) is 11.4 Å². The van der Waals surface area contributed by atoms with E-state index in [0.717, 1.165) is 0 Å². The first-order chi connectivity index (χ1) is 9.71. The van der Waals surface area contributed by atoms with Crippen molar-refractivity contribution in [3.63, 3.8) is 0 Å². The van der Waals surface area contributed by atoms with Gasteiger partial charge in [-0.15, -0.1) is 10.2 Å². The Morgan fingerprint density at radius 2 is 2.05 bits per heavy atom. The number of nitrogens with zero attached hydrogens (tertiary/aromatic N) is 3. The molecule has 0 bridgehead atoms. The number of hydrogen-bond donors (Lipinski definition) is 1. The van der Waals surface area contributed by atoms with Crippen LogP contribution in [0, 0.1) is 11.7 Å². The second kappa shape index (κ2) is 5.82. The van der Waals surface area contributed by atoms with Gasteiger partial charge in [-0.25, -0.2) is 17.9 Å². The lowest BCUT2D eigenvalue weighted by molar-refractivity contribution is 0.486. The molecule has 21 heavy (non-hydrogen) atoms. The molecule has 0 saturated carbocycles. The van der Waals surface area contributed by atoms with Gasteiger partial charge in [-0.3, -0.25) is 4.57 Å². The zero-order valence-corrected chi connectivity index (χ0v) is 13.8. The van der Waals surface area contributed by atoms with Gasteiger partial charge in [0, 0.05) is 12.1 Å². The van der Waals surface area contributed by atoms with Crippen molar-refractivity contribution < 1.29 is 12.8 Å². The minimum absolute atomic E-state index is 0.132. The van der Waals surface area contributed by atoms with Crippen molar-refractivity contribution in [1.29, 1.82) is 0 Å². The first kappa shape index (κ1) is 16.1. The highest BCUT2D eigenvalue weighted by Crippen LogP contribution is 2.30. The van der Waals surface area contributed by atoms with E-state index in [9.17, 15) is 12.8 Å². The minimum Gasteiger partial charge on any atom is -0.296 e. The van der Waals surface area contributed by atoms with Crippen LogP contribution in [0.1, 0.15) is 13.8 Å². The maximum Gasteiger partial charge on any atom is 0.273 e. The molecule has 114 valence electrons. The molecule has 1 aromatic heterocycles. The Labute approximate surface area is 130 Å². The molecule has 0 aliphatic heterocycles. The van der Waals surface area contributed by atoms with E-state index in [0.29, 0.717) is 12.1 Å². The molecular formula is C12H14BrFN4O2S. The van der Waals surface area contributed by atoms with Gasteiger partial charge in [-0.05, 0) is 34.0 Å². The van der Waals surface area contributed by atoms with Gasteiger partial charge in [0.25, 0.3) is 15.2 Å². The van der Waals surface area contributed by atoms with Gasteiger partial charge >= 0.3 is 0 Å². The van der Waals surface area contributed by atoms with Crippen molar-refractivity contribution >= 4 is 26.0 Å². The van der Waals surface area contributed by atoms with Crippen LogP contribution in [-0.2, 0) is 16.6 Å². The Bertz CT molecular complexity index is 774. The van der Waals surface area contributed by atoms with Crippen LogP contribution in [0.15, 0.2) is 27.8 Å². The summed E-state index contributed by atoms with van der Waals surface area (Å²) in [6.07, 6.45) is 0. The molecule has 1 aromatic carbocycles. The summed E-state index contributed by atoms with van der Waals surface area (Å²) in [5.74, 6) is -0.0876. The van der Waals surface area contributed by atoms with Gasteiger partial charge in [-0.1, -0.05) is 19.9 Å². The van der Waals surface area contributed by atoms with Gasteiger partial charge in [0.2, 0.25) is 0 Å². The fourth-order valence-electron chi connectivity index (χ4n) is 1.90. The van der Waals surface area contributed by atoms with Gasteiger partial charge < -0.3 is 0 Å². The molecule has 9 heteroatoms. The zero-order chi connectivity index (χ0) is 15.8. The number of hydrogen-bond acceptors (Lipinski definition) is 4. The molecular weight excluding hydrogens is 363 g/mol. The number of nitrogens with two attached hydrogens (primary N) is 1. The van der Waals surface area contributed by atoms with Crippen LogP contribution in [0.2, 0.25) is 0 Å². The predicted molar refractivity (Wildman–Crippen MR) is 79.3 cm³/mol. The smallest absolute Gasteiger partial charge is 0.273 e. The summed E-state index contributed by atoms with van der Waals surface area (Å²) in [4.78, 5) is 0. The summed E-state index contributed by atoms with van der Waals surface area (Å²) in [5, 5.41) is 12.3. The largest absolute Gasteiger partial charge is 0.296 e. The number of halogens is 2. The molecule has 2 aromatic rings. The van der Waals surface area contributed by atoms with Crippen LogP contribution < -0.4 is 5.14 Å². The van der Waals surface area contributed by atoms with E-state index in [1.807, 2.05) is 13.8 Å². The van der Waals surface area contributed by atoms with Crippen molar-refractivity contribution in [2.24, 2.45) is 11.1 Å². The molecule has 0 fully saturated rings. The molecule has 0 aliphatic carbocycles. The van der Waals surface area contributed by atoms with Gasteiger partial charge in [0.1, 0.15) is 5.82 Å². The summed E-state index contributed by atoms with van der Waals surface area (Å²) < 4.78 is 38.4. The molecule has 1 heterocycles. The number of aromatic nitrogens is 3. The quantitative estimate of drug-likeness (QED) is 0.884. The second-order valence-electron chi connectivity index (χ2n) is 4.96. The molecule has 0 amide bonds. The fourth-order valence-corrected chi connectivity index (χ4v) is 2.97. The van der Waals surface area contributed by atoms with Crippen LogP contribution in [-0.4, -0.2) is 23.2 Å². The predicted octanol–water partition coefficient (Wildman–Crippen LogP) is 2.15. The third kappa shape index (κ3) is 3.30. The van der Waals surface area contributed by atoms with Crippen LogP contribution in [0.3, 0.4) is 0 Å². The third-order valence-electron chi connectivity index (χ3n) is 2.71. The molecule has 0 aliphatic rings. The molecule has 2 N–H and O–H groups in total. The van der Waals surface area contributed by atoms with Gasteiger partial charge in [0.15, 0.2) is 5.82 Å². The van der Waals surface area contributed by atoms with E-state index >= 15 is 0 Å². The normalized spacial score (nSPS) is 12.1. The van der Waals surface area contributed by atoms with E-state index in [-0.39, 0.29) is 21.4 Å². The van der Waals surface area contributed by atoms with E-state index in [4.69, 9.17) is 5.14 Å². The molecule has 0 unspecified atom stereocenters.